The van der Waals surface area contributed by atoms with Crippen LogP contribution in [-0.2, 0) is 14.3 Å². The number of rotatable bonds is 6. The van der Waals surface area contributed by atoms with Gasteiger partial charge in [-0.2, -0.15) is 0 Å². The van der Waals surface area contributed by atoms with E-state index in [0.29, 0.717) is 13.1 Å². The highest BCUT2D eigenvalue weighted by atomic mass is 16.5. The first-order chi connectivity index (χ1) is 7.47. The van der Waals surface area contributed by atoms with Gasteiger partial charge in [0.15, 0.2) is 0 Å². The van der Waals surface area contributed by atoms with Gasteiger partial charge in [0, 0.05) is 13.1 Å². The Hall–Kier alpha value is -1.10. The summed E-state index contributed by atoms with van der Waals surface area (Å²) >= 11 is 0. The van der Waals surface area contributed by atoms with E-state index in [9.17, 15) is 9.59 Å². The van der Waals surface area contributed by atoms with Crippen LogP contribution in [0.5, 0.6) is 0 Å². The number of methoxy groups -OCH3 is 1. The summed E-state index contributed by atoms with van der Waals surface area (Å²) in [5, 5.41) is 0. The van der Waals surface area contributed by atoms with E-state index in [-0.39, 0.29) is 24.5 Å². The summed E-state index contributed by atoms with van der Waals surface area (Å²) in [6, 6.07) is -0.306. The first-order valence-electron chi connectivity index (χ1n) is 5.53. The molecule has 0 saturated heterocycles. The van der Waals surface area contributed by atoms with Crippen molar-refractivity contribution in [1.29, 1.82) is 0 Å². The van der Waals surface area contributed by atoms with Crippen molar-refractivity contribution >= 4 is 11.9 Å². The third-order valence-electron chi connectivity index (χ3n) is 2.70. The van der Waals surface area contributed by atoms with Gasteiger partial charge in [0.1, 0.15) is 0 Å². The van der Waals surface area contributed by atoms with Gasteiger partial charge in [-0.3, -0.25) is 14.5 Å². The van der Waals surface area contributed by atoms with E-state index in [2.05, 4.69) is 4.74 Å². The average molecular weight is 230 g/mol. The zero-order chi connectivity index (χ0) is 12.7. The van der Waals surface area contributed by atoms with Crippen LogP contribution < -0.4 is 0 Å². The second kappa shape index (κ2) is 7.22. The number of esters is 1. The number of nitrogens with zero attached hydrogens (tertiary/aromatic N) is 2. The maximum absolute atomic E-state index is 11.9. The van der Waals surface area contributed by atoms with E-state index in [0.717, 1.165) is 0 Å². The Balaban J connectivity index is 4.36. The summed E-state index contributed by atoms with van der Waals surface area (Å²) in [4.78, 5) is 26.5. The van der Waals surface area contributed by atoms with Gasteiger partial charge < -0.3 is 9.64 Å². The van der Waals surface area contributed by atoms with Crippen molar-refractivity contribution in [2.24, 2.45) is 0 Å². The molecule has 5 heteroatoms. The molecule has 0 aliphatic rings. The molecule has 0 saturated carbocycles. The number of carbonyl (C=O) groups is 2. The van der Waals surface area contributed by atoms with E-state index in [1.165, 1.54) is 7.11 Å². The smallest absolute Gasteiger partial charge is 0.319 e. The lowest BCUT2D eigenvalue weighted by Gasteiger charge is -2.28. The highest BCUT2D eigenvalue weighted by molar-refractivity contribution is 5.82. The maximum atomic E-state index is 11.9. The molecule has 0 aromatic heterocycles. The zero-order valence-corrected chi connectivity index (χ0v) is 10.8. The summed E-state index contributed by atoms with van der Waals surface area (Å²) in [5.41, 5.74) is 0. The molecule has 1 atom stereocenters. The van der Waals surface area contributed by atoms with Gasteiger partial charge in [-0.1, -0.05) is 0 Å². The van der Waals surface area contributed by atoms with E-state index in [1.807, 2.05) is 13.8 Å². The summed E-state index contributed by atoms with van der Waals surface area (Å²) in [6.07, 6.45) is 0. The Labute approximate surface area is 97.3 Å². The first kappa shape index (κ1) is 14.9. The largest absolute Gasteiger partial charge is 0.468 e. The fourth-order valence-electron chi connectivity index (χ4n) is 1.39. The van der Waals surface area contributed by atoms with Crippen LogP contribution in [0.25, 0.3) is 0 Å². The molecule has 5 nitrogen and oxygen atoms in total. The number of carbonyl (C=O) groups excluding carboxylic acids is 2. The summed E-state index contributed by atoms with van der Waals surface area (Å²) in [5.74, 6) is -0.293. The highest BCUT2D eigenvalue weighted by Crippen LogP contribution is 2.02. The zero-order valence-electron chi connectivity index (χ0n) is 10.8. The Morgan fingerprint density at radius 1 is 1.25 bits per heavy atom. The molecule has 0 spiro atoms. The van der Waals surface area contributed by atoms with E-state index < -0.39 is 0 Å². The van der Waals surface area contributed by atoms with Crippen LogP contribution in [0.3, 0.4) is 0 Å². The van der Waals surface area contributed by atoms with Crippen molar-refractivity contribution in [3.8, 4) is 0 Å². The number of hydrogen-bond donors (Lipinski definition) is 0. The molecule has 0 aliphatic carbocycles. The van der Waals surface area contributed by atoms with Crippen LogP contribution in [0, 0.1) is 0 Å². The standard InChI is InChI=1S/C11H22N2O3/c1-6-13(7-2)11(15)9(3)12(4)8-10(14)16-5/h9H,6-8H2,1-5H3. The molecule has 0 aromatic rings. The lowest BCUT2D eigenvalue weighted by molar-refractivity contribution is -0.144. The normalized spacial score (nSPS) is 12.4. The van der Waals surface area contributed by atoms with Crippen molar-refractivity contribution in [2.75, 3.05) is 33.8 Å². The molecule has 1 amide bonds. The van der Waals surface area contributed by atoms with Gasteiger partial charge >= 0.3 is 5.97 Å². The van der Waals surface area contributed by atoms with Crippen LogP contribution in [0.1, 0.15) is 20.8 Å². The van der Waals surface area contributed by atoms with E-state index in [4.69, 9.17) is 0 Å². The van der Waals surface area contributed by atoms with Crippen molar-refractivity contribution in [3.05, 3.63) is 0 Å². The molecule has 0 fully saturated rings. The van der Waals surface area contributed by atoms with Crippen LogP contribution in [-0.4, -0.2) is 61.5 Å². The molecule has 0 rings (SSSR count). The fraction of sp³-hybridized carbons (Fsp3) is 0.818. The minimum Gasteiger partial charge on any atom is -0.468 e. The lowest BCUT2D eigenvalue weighted by Crippen LogP contribution is -2.47. The second-order valence-electron chi connectivity index (χ2n) is 3.68. The summed E-state index contributed by atoms with van der Waals surface area (Å²) < 4.78 is 4.56. The van der Waals surface area contributed by atoms with Gasteiger partial charge in [0.2, 0.25) is 5.91 Å². The Morgan fingerprint density at radius 3 is 2.12 bits per heavy atom. The Bertz CT molecular complexity index is 239. The number of hydrogen-bond acceptors (Lipinski definition) is 4. The Kier molecular flexibility index (Phi) is 6.72. The molecule has 94 valence electrons. The molecule has 0 N–H and O–H groups in total. The number of ether oxygens (including phenoxy) is 1. The van der Waals surface area contributed by atoms with Crippen LogP contribution in [0.4, 0.5) is 0 Å². The minimum atomic E-state index is -0.332. The average Bonchev–Trinajstić information content (AvgIpc) is 2.29. The Morgan fingerprint density at radius 2 is 1.75 bits per heavy atom. The van der Waals surface area contributed by atoms with Crippen LogP contribution in [0.15, 0.2) is 0 Å². The SMILES string of the molecule is CCN(CC)C(=O)C(C)N(C)CC(=O)OC. The molecular weight excluding hydrogens is 208 g/mol. The van der Waals surface area contributed by atoms with Gasteiger partial charge in [-0.05, 0) is 27.8 Å². The molecule has 0 radical (unpaired) electrons. The fourth-order valence-corrected chi connectivity index (χ4v) is 1.39. The lowest BCUT2D eigenvalue weighted by atomic mass is 10.2. The number of likely N-dealkylation sites (N-methyl/N-ethyl adjacent to an activating group) is 2. The molecule has 16 heavy (non-hydrogen) atoms. The monoisotopic (exact) mass is 230 g/mol. The van der Waals surface area contributed by atoms with Gasteiger partial charge in [0.25, 0.3) is 0 Å². The minimum absolute atomic E-state index is 0.0383. The molecule has 0 aliphatic heterocycles. The summed E-state index contributed by atoms with van der Waals surface area (Å²) in [6.45, 7) is 7.18. The topological polar surface area (TPSA) is 49.9 Å². The highest BCUT2D eigenvalue weighted by Gasteiger charge is 2.23. The van der Waals surface area contributed by atoms with Crippen LogP contribution >= 0.6 is 0 Å². The maximum Gasteiger partial charge on any atom is 0.319 e. The van der Waals surface area contributed by atoms with Crippen molar-refractivity contribution in [2.45, 2.75) is 26.8 Å². The number of amides is 1. The van der Waals surface area contributed by atoms with Crippen molar-refractivity contribution in [3.63, 3.8) is 0 Å². The summed E-state index contributed by atoms with van der Waals surface area (Å²) in [7, 11) is 3.08. The molecule has 0 heterocycles. The van der Waals surface area contributed by atoms with Gasteiger partial charge in [-0.25, -0.2) is 0 Å². The molecule has 1 unspecified atom stereocenters. The third-order valence-corrected chi connectivity index (χ3v) is 2.70. The predicted molar refractivity (Wildman–Crippen MR) is 62.0 cm³/mol. The molecule has 0 aromatic carbocycles. The second-order valence-corrected chi connectivity index (χ2v) is 3.68. The first-order valence-corrected chi connectivity index (χ1v) is 5.53. The van der Waals surface area contributed by atoms with Crippen molar-refractivity contribution in [1.82, 2.24) is 9.80 Å². The van der Waals surface area contributed by atoms with Crippen molar-refractivity contribution < 1.29 is 14.3 Å². The van der Waals surface area contributed by atoms with Gasteiger partial charge in [-0.15, -0.1) is 0 Å². The predicted octanol–water partition coefficient (Wildman–Crippen LogP) is 0.348. The molecule has 0 bridgehead atoms. The quantitative estimate of drug-likeness (QED) is 0.618. The van der Waals surface area contributed by atoms with E-state index >= 15 is 0 Å². The molecular formula is C11H22N2O3. The third kappa shape index (κ3) is 4.18. The van der Waals surface area contributed by atoms with Gasteiger partial charge in [0.05, 0.1) is 19.7 Å². The van der Waals surface area contributed by atoms with Crippen LogP contribution in [0.2, 0.25) is 0 Å². The van der Waals surface area contributed by atoms with E-state index in [1.54, 1.807) is 23.8 Å².